The molecule has 1 aromatic heterocycles. The van der Waals surface area contributed by atoms with Gasteiger partial charge in [0.1, 0.15) is 11.8 Å². The standard InChI is InChI=1S/C33H29F3N4O4S2/c1-3-38(4-2)21-16-14-19(15-17-21)25-26-27(30(43)40(29(26)42)23-13-9-8-12-22(23)33(34,35)36)45-31-28(25)46-32(44)39(31)18-24(41)37-20-10-6-5-7-11-20/h5-17,25-27H,3-4,18H2,1-2H3,(H,37,41). The van der Waals surface area contributed by atoms with Gasteiger partial charge in [0.05, 0.1) is 22.2 Å². The Morgan fingerprint density at radius 1 is 0.891 bits per heavy atom. The lowest BCUT2D eigenvalue weighted by Crippen LogP contribution is -2.33. The maximum Gasteiger partial charge on any atom is 0.418 e. The Bertz CT molecular complexity index is 1850. The summed E-state index contributed by atoms with van der Waals surface area (Å²) in [6.45, 7) is 5.23. The van der Waals surface area contributed by atoms with Crippen molar-refractivity contribution < 1.29 is 27.6 Å². The van der Waals surface area contributed by atoms with Gasteiger partial charge in [-0.3, -0.25) is 23.7 Å². The van der Waals surface area contributed by atoms with Crippen molar-refractivity contribution >= 4 is 57.9 Å². The largest absolute Gasteiger partial charge is 0.418 e. The lowest BCUT2D eigenvalue weighted by atomic mass is 9.83. The van der Waals surface area contributed by atoms with Gasteiger partial charge in [0.25, 0.3) is 0 Å². The Balaban J connectivity index is 1.44. The van der Waals surface area contributed by atoms with E-state index in [0.29, 0.717) is 26.1 Å². The van der Waals surface area contributed by atoms with E-state index in [1.165, 1.54) is 16.7 Å². The van der Waals surface area contributed by atoms with Crippen molar-refractivity contribution in [1.29, 1.82) is 0 Å². The molecule has 3 amide bonds. The number of fused-ring (bicyclic) bond motifs is 2. The summed E-state index contributed by atoms with van der Waals surface area (Å²) in [6, 6.07) is 20.7. The molecule has 0 radical (unpaired) electrons. The van der Waals surface area contributed by atoms with Crippen LogP contribution < -0.4 is 20.0 Å². The molecule has 0 aliphatic carbocycles. The van der Waals surface area contributed by atoms with Gasteiger partial charge in [0.2, 0.25) is 17.7 Å². The molecule has 0 spiro atoms. The molecule has 3 atom stereocenters. The number of nitrogens with zero attached hydrogens (tertiary/aromatic N) is 3. The molecule has 13 heteroatoms. The highest BCUT2D eigenvalue weighted by Gasteiger charge is 2.57. The number of aromatic nitrogens is 1. The Morgan fingerprint density at radius 2 is 1.54 bits per heavy atom. The van der Waals surface area contributed by atoms with Crippen molar-refractivity contribution in [3.8, 4) is 0 Å². The topological polar surface area (TPSA) is 91.7 Å². The fourth-order valence-corrected chi connectivity index (χ4v) is 8.88. The molecule has 1 N–H and O–H groups in total. The minimum Gasteiger partial charge on any atom is -0.372 e. The predicted octanol–water partition coefficient (Wildman–Crippen LogP) is 6.21. The van der Waals surface area contributed by atoms with Gasteiger partial charge in [0.15, 0.2) is 0 Å². The van der Waals surface area contributed by atoms with Crippen LogP contribution in [0.2, 0.25) is 0 Å². The summed E-state index contributed by atoms with van der Waals surface area (Å²) in [5.41, 5.74) is 0.498. The van der Waals surface area contributed by atoms with Gasteiger partial charge in [-0.05, 0) is 55.8 Å². The molecular weight excluding hydrogens is 638 g/mol. The Morgan fingerprint density at radius 3 is 2.20 bits per heavy atom. The van der Waals surface area contributed by atoms with E-state index >= 15 is 0 Å². The number of carbonyl (C=O) groups excluding carboxylic acids is 3. The first kappa shape index (κ1) is 31.6. The Labute approximate surface area is 270 Å². The third kappa shape index (κ3) is 5.62. The average molecular weight is 667 g/mol. The second-order valence-corrected chi connectivity index (χ2v) is 13.0. The number of carbonyl (C=O) groups is 3. The summed E-state index contributed by atoms with van der Waals surface area (Å²) in [7, 11) is 0. The van der Waals surface area contributed by atoms with Gasteiger partial charge in [0, 0.05) is 35.3 Å². The molecule has 46 heavy (non-hydrogen) atoms. The van der Waals surface area contributed by atoms with Crippen LogP contribution in [0.3, 0.4) is 0 Å². The van der Waals surface area contributed by atoms with Crippen LogP contribution in [0, 0.1) is 5.92 Å². The maximum atomic E-state index is 14.1. The summed E-state index contributed by atoms with van der Waals surface area (Å²) in [5.74, 6) is -3.91. The maximum absolute atomic E-state index is 14.1. The number of rotatable bonds is 8. The SMILES string of the molecule is CCN(CC)c1ccc(C2c3sc(=O)n(CC(=O)Nc4ccccc4)c3SC3C(=O)N(c4ccccc4C(F)(F)F)C(=O)C32)cc1. The number of imide groups is 1. The van der Waals surface area contributed by atoms with Crippen molar-refractivity contribution in [2.45, 2.75) is 42.8 Å². The second kappa shape index (κ2) is 12.4. The summed E-state index contributed by atoms with van der Waals surface area (Å²) in [6.07, 6.45) is -4.80. The molecule has 4 aromatic rings. The monoisotopic (exact) mass is 666 g/mol. The number of halogens is 3. The molecule has 8 nitrogen and oxygen atoms in total. The minimum atomic E-state index is -4.80. The third-order valence-corrected chi connectivity index (χ3v) is 10.8. The number of para-hydroxylation sites is 2. The highest BCUT2D eigenvalue weighted by atomic mass is 32.2. The lowest BCUT2D eigenvalue weighted by molar-refractivity contribution is -0.137. The number of hydrogen-bond donors (Lipinski definition) is 1. The first-order chi connectivity index (χ1) is 22.0. The Kier molecular flexibility index (Phi) is 8.55. The van der Waals surface area contributed by atoms with E-state index in [4.69, 9.17) is 0 Å². The molecule has 1 fully saturated rings. The molecule has 6 rings (SSSR count). The Hall–Kier alpha value is -4.36. The zero-order valence-electron chi connectivity index (χ0n) is 24.8. The molecule has 2 aliphatic rings. The molecule has 0 saturated carbocycles. The zero-order valence-corrected chi connectivity index (χ0v) is 26.4. The van der Waals surface area contributed by atoms with Crippen molar-refractivity contribution in [3.63, 3.8) is 0 Å². The molecule has 2 aliphatic heterocycles. The van der Waals surface area contributed by atoms with Crippen LogP contribution >= 0.6 is 23.1 Å². The van der Waals surface area contributed by atoms with Crippen molar-refractivity contribution in [1.82, 2.24) is 4.57 Å². The number of benzene rings is 3. The lowest BCUT2D eigenvalue weighted by Gasteiger charge is -2.31. The van der Waals surface area contributed by atoms with Crippen LogP contribution in [-0.4, -0.2) is 40.6 Å². The first-order valence-electron chi connectivity index (χ1n) is 14.7. The highest BCUT2D eigenvalue weighted by molar-refractivity contribution is 8.00. The first-order valence-corrected chi connectivity index (χ1v) is 16.4. The zero-order chi connectivity index (χ0) is 32.7. The number of alkyl halides is 3. The van der Waals surface area contributed by atoms with Crippen molar-refractivity contribution in [2.75, 3.05) is 28.2 Å². The average Bonchev–Trinajstić information content (AvgIpc) is 3.48. The van der Waals surface area contributed by atoms with Gasteiger partial charge >= 0.3 is 11.0 Å². The number of amides is 3. The number of nitrogens with one attached hydrogen (secondary N) is 1. The fraction of sp³-hybridized carbons (Fsp3) is 0.273. The summed E-state index contributed by atoms with van der Waals surface area (Å²) in [4.78, 5) is 57.3. The quantitative estimate of drug-likeness (QED) is 0.225. The molecule has 3 heterocycles. The van der Waals surface area contributed by atoms with E-state index in [1.54, 1.807) is 30.3 Å². The molecule has 3 unspecified atom stereocenters. The van der Waals surface area contributed by atoms with E-state index in [1.807, 2.05) is 38.1 Å². The van der Waals surface area contributed by atoms with Crippen LogP contribution in [0.1, 0.15) is 35.8 Å². The minimum absolute atomic E-state index is 0.347. The van der Waals surface area contributed by atoms with Crippen molar-refractivity contribution in [2.24, 2.45) is 5.92 Å². The van der Waals surface area contributed by atoms with Crippen LogP contribution in [0.15, 0.2) is 88.7 Å². The smallest absolute Gasteiger partial charge is 0.372 e. The molecule has 238 valence electrons. The summed E-state index contributed by atoms with van der Waals surface area (Å²) >= 11 is 1.83. The van der Waals surface area contributed by atoms with Gasteiger partial charge < -0.3 is 10.2 Å². The fourth-order valence-electron chi connectivity index (χ4n) is 6.11. The summed E-state index contributed by atoms with van der Waals surface area (Å²) in [5, 5.41) is 1.98. The van der Waals surface area contributed by atoms with Crippen LogP contribution in [0.4, 0.5) is 30.2 Å². The van der Waals surface area contributed by atoms with Gasteiger partial charge in [-0.1, -0.05) is 65.6 Å². The van der Waals surface area contributed by atoms with Gasteiger partial charge in [-0.25, -0.2) is 4.90 Å². The predicted molar refractivity (Wildman–Crippen MR) is 173 cm³/mol. The normalized spacial score (nSPS) is 19.2. The molecule has 0 bridgehead atoms. The number of anilines is 3. The van der Waals surface area contributed by atoms with E-state index in [2.05, 4.69) is 10.2 Å². The van der Waals surface area contributed by atoms with Gasteiger partial charge in [-0.15, -0.1) is 0 Å². The highest BCUT2D eigenvalue weighted by Crippen LogP contribution is 2.54. The summed E-state index contributed by atoms with van der Waals surface area (Å²) < 4.78 is 43.4. The number of hydrogen-bond acceptors (Lipinski definition) is 7. The van der Waals surface area contributed by atoms with E-state index in [9.17, 15) is 32.3 Å². The molecule has 3 aromatic carbocycles. The van der Waals surface area contributed by atoms with Crippen LogP contribution in [-0.2, 0) is 27.1 Å². The van der Waals surface area contributed by atoms with Gasteiger partial charge in [-0.2, -0.15) is 13.2 Å². The second-order valence-electron chi connectivity index (χ2n) is 10.9. The molecule has 1 saturated heterocycles. The van der Waals surface area contributed by atoms with Crippen LogP contribution in [0.5, 0.6) is 0 Å². The molecular formula is C33H29F3N4O4S2. The van der Waals surface area contributed by atoms with E-state index < -0.39 is 57.1 Å². The number of thioether (sulfide) groups is 1. The van der Waals surface area contributed by atoms with Crippen LogP contribution in [0.25, 0.3) is 0 Å². The van der Waals surface area contributed by atoms with E-state index in [0.717, 1.165) is 54.0 Å². The van der Waals surface area contributed by atoms with Crippen molar-refractivity contribution in [3.05, 3.63) is 105 Å². The van der Waals surface area contributed by atoms with E-state index in [-0.39, 0.29) is 6.54 Å². The number of thiazole rings is 1. The third-order valence-electron chi connectivity index (χ3n) is 8.24.